The van der Waals surface area contributed by atoms with Crippen LogP contribution in [0.25, 0.3) is 22.5 Å². The highest BCUT2D eigenvalue weighted by molar-refractivity contribution is 5.90. The van der Waals surface area contributed by atoms with Crippen LogP contribution in [0.2, 0.25) is 0 Å². The van der Waals surface area contributed by atoms with Gasteiger partial charge in [0.2, 0.25) is 0 Å². The van der Waals surface area contributed by atoms with Crippen molar-refractivity contribution in [2.24, 2.45) is 0 Å². The minimum Gasteiger partial charge on any atom is -0.316 e. The molecule has 1 aliphatic rings. The number of hydrogen-bond donors (Lipinski definition) is 0. The zero-order chi connectivity index (χ0) is 10.5. The molecule has 2 aromatic heterocycles. The number of hydrogen-bond acceptors (Lipinski definition) is 0. The third-order valence-electron chi connectivity index (χ3n) is 3.39. The van der Waals surface area contributed by atoms with Gasteiger partial charge >= 0.3 is 0 Å². The Morgan fingerprint density at radius 2 is 2.00 bits per heavy atom. The van der Waals surface area contributed by atoms with Crippen molar-refractivity contribution in [3.05, 3.63) is 59.8 Å². The first kappa shape index (κ1) is 8.17. The second-order valence-corrected chi connectivity index (χ2v) is 4.32. The standard InChI is InChI=1S/C15H11N/c1-2-7-14-12(4-1)10-13-6-3-5-11-8-9-16(14)15(11)13/h1-4,6-10H,5H2. The molecule has 0 unspecified atom stereocenters. The number of para-hydroxylation sites is 1. The molecule has 0 saturated carbocycles. The molecule has 0 radical (unpaired) electrons. The lowest BCUT2D eigenvalue weighted by atomic mass is 10.0. The fourth-order valence-corrected chi connectivity index (χ4v) is 2.67. The summed E-state index contributed by atoms with van der Waals surface area (Å²) in [5.74, 6) is 0. The van der Waals surface area contributed by atoms with Gasteiger partial charge in [-0.2, -0.15) is 0 Å². The molecule has 0 spiro atoms. The van der Waals surface area contributed by atoms with E-state index in [1.54, 1.807) is 0 Å². The van der Waals surface area contributed by atoms with E-state index in [0.717, 1.165) is 6.42 Å². The Labute approximate surface area is 93.6 Å². The van der Waals surface area contributed by atoms with E-state index < -0.39 is 0 Å². The van der Waals surface area contributed by atoms with Gasteiger partial charge in [0.05, 0.1) is 11.0 Å². The molecule has 0 amide bonds. The van der Waals surface area contributed by atoms with Gasteiger partial charge in [0.1, 0.15) is 0 Å². The maximum atomic E-state index is 2.31. The van der Waals surface area contributed by atoms with Crippen LogP contribution in [0.4, 0.5) is 0 Å². The Balaban J connectivity index is 2.34. The largest absolute Gasteiger partial charge is 0.316 e. The summed E-state index contributed by atoms with van der Waals surface area (Å²) in [5, 5.41) is 1.30. The van der Waals surface area contributed by atoms with Gasteiger partial charge in [-0.05, 0) is 41.1 Å². The van der Waals surface area contributed by atoms with Crippen LogP contribution in [0.1, 0.15) is 11.1 Å². The summed E-state index contributed by atoms with van der Waals surface area (Å²) in [5.41, 5.74) is 5.44. The molecule has 1 heteroatoms. The van der Waals surface area contributed by atoms with Crippen LogP contribution in [-0.4, -0.2) is 4.40 Å². The lowest BCUT2D eigenvalue weighted by molar-refractivity contribution is 1.24. The molecule has 0 fully saturated rings. The van der Waals surface area contributed by atoms with Crippen LogP contribution < -0.4 is 0 Å². The first-order chi connectivity index (χ1) is 7.93. The van der Waals surface area contributed by atoms with Gasteiger partial charge in [-0.3, -0.25) is 0 Å². The van der Waals surface area contributed by atoms with Crippen molar-refractivity contribution in [1.29, 1.82) is 0 Å². The molecule has 4 rings (SSSR count). The van der Waals surface area contributed by atoms with Crippen molar-refractivity contribution in [1.82, 2.24) is 4.40 Å². The summed E-state index contributed by atoms with van der Waals surface area (Å²) in [4.78, 5) is 0. The smallest absolute Gasteiger partial charge is 0.0563 e. The summed E-state index contributed by atoms with van der Waals surface area (Å²) in [6, 6.07) is 13.1. The van der Waals surface area contributed by atoms with E-state index in [9.17, 15) is 0 Å². The zero-order valence-electron chi connectivity index (χ0n) is 8.85. The van der Waals surface area contributed by atoms with Crippen molar-refractivity contribution in [3.8, 4) is 0 Å². The van der Waals surface area contributed by atoms with E-state index in [1.807, 2.05) is 0 Å². The van der Waals surface area contributed by atoms with E-state index in [2.05, 4.69) is 59.1 Å². The topological polar surface area (TPSA) is 4.41 Å². The van der Waals surface area contributed by atoms with Gasteiger partial charge in [0.15, 0.2) is 0 Å². The quantitative estimate of drug-likeness (QED) is 0.527. The highest BCUT2D eigenvalue weighted by atomic mass is 14.9. The van der Waals surface area contributed by atoms with Gasteiger partial charge in [-0.1, -0.05) is 30.4 Å². The summed E-state index contributed by atoms with van der Waals surface area (Å²) in [7, 11) is 0. The molecule has 1 aromatic carbocycles. The van der Waals surface area contributed by atoms with Crippen LogP contribution in [-0.2, 0) is 6.42 Å². The Morgan fingerprint density at radius 1 is 1.06 bits per heavy atom. The molecular weight excluding hydrogens is 194 g/mol. The van der Waals surface area contributed by atoms with Crippen LogP contribution in [0.15, 0.2) is 48.7 Å². The first-order valence-corrected chi connectivity index (χ1v) is 5.62. The third kappa shape index (κ3) is 0.904. The van der Waals surface area contributed by atoms with Crippen LogP contribution in [0.5, 0.6) is 0 Å². The summed E-state index contributed by atoms with van der Waals surface area (Å²) >= 11 is 0. The second kappa shape index (κ2) is 2.76. The fraction of sp³-hybridized carbons (Fsp3) is 0.0667. The van der Waals surface area contributed by atoms with Crippen LogP contribution >= 0.6 is 0 Å². The second-order valence-electron chi connectivity index (χ2n) is 4.32. The van der Waals surface area contributed by atoms with E-state index in [4.69, 9.17) is 0 Å². The first-order valence-electron chi connectivity index (χ1n) is 5.62. The van der Waals surface area contributed by atoms with Crippen LogP contribution in [0, 0.1) is 0 Å². The van der Waals surface area contributed by atoms with E-state index in [-0.39, 0.29) is 0 Å². The maximum absolute atomic E-state index is 2.31. The SMILES string of the molecule is C1=Cc2cc3ccccc3n3ccc(c23)C1. The maximum Gasteiger partial charge on any atom is 0.0563 e. The normalized spacial score (nSPS) is 13.8. The number of aromatic nitrogens is 1. The van der Waals surface area contributed by atoms with E-state index in [0.29, 0.717) is 0 Å². The van der Waals surface area contributed by atoms with E-state index >= 15 is 0 Å². The Kier molecular flexibility index (Phi) is 1.41. The van der Waals surface area contributed by atoms with Gasteiger partial charge in [0.25, 0.3) is 0 Å². The number of rotatable bonds is 0. The molecule has 0 bridgehead atoms. The fourth-order valence-electron chi connectivity index (χ4n) is 2.67. The predicted octanol–water partition coefficient (Wildman–Crippen LogP) is 3.66. The predicted molar refractivity (Wildman–Crippen MR) is 67.6 cm³/mol. The number of allylic oxidation sites excluding steroid dienone is 1. The average Bonchev–Trinajstić information content (AvgIpc) is 2.76. The lowest BCUT2D eigenvalue weighted by Crippen LogP contribution is -1.94. The Hall–Kier alpha value is -2.02. The van der Waals surface area contributed by atoms with Crippen molar-refractivity contribution in [3.63, 3.8) is 0 Å². The Bertz CT molecular complexity index is 732. The molecule has 0 atom stereocenters. The van der Waals surface area contributed by atoms with E-state index in [1.165, 1.54) is 27.5 Å². The highest BCUT2D eigenvalue weighted by Crippen LogP contribution is 2.29. The zero-order valence-corrected chi connectivity index (χ0v) is 8.85. The van der Waals surface area contributed by atoms with Crippen LogP contribution in [0.3, 0.4) is 0 Å². The average molecular weight is 205 g/mol. The molecule has 0 N–H and O–H groups in total. The molecule has 2 heterocycles. The molecule has 1 nitrogen and oxygen atoms in total. The van der Waals surface area contributed by atoms with Gasteiger partial charge in [0, 0.05) is 6.20 Å². The molecule has 0 aliphatic heterocycles. The van der Waals surface area contributed by atoms with Gasteiger partial charge < -0.3 is 4.40 Å². The minimum atomic E-state index is 1.06. The van der Waals surface area contributed by atoms with Crippen molar-refractivity contribution in [2.45, 2.75) is 6.42 Å². The molecule has 3 aromatic rings. The molecule has 1 aliphatic carbocycles. The third-order valence-corrected chi connectivity index (χ3v) is 3.39. The molecule has 76 valence electrons. The molecule has 16 heavy (non-hydrogen) atoms. The number of nitrogens with zero attached hydrogens (tertiary/aromatic N) is 1. The van der Waals surface area contributed by atoms with Gasteiger partial charge in [-0.25, -0.2) is 0 Å². The van der Waals surface area contributed by atoms with Crippen molar-refractivity contribution in [2.75, 3.05) is 0 Å². The number of fused-ring (bicyclic) bond motifs is 2. The number of benzene rings is 1. The monoisotopic (exact) mass is 205 g/mol. The molecule has 0 saturated heterocycles. The highest BCUT2D eigenvalue weighted by Gasteiger charge is 2.11. The summed E-state index contributed by atoms with van der Waals surface area (Å²) in [6.45, 7) is 0. The number of pyridine rings is 1. The van der Waals surface area contributed by atoms with Crippen molar-refractivity contribution < 1.29 is 0 Å². The summed E-state index contributed by atoms with van der Waals surface area (Å²) in [6.07, 6.45) is 7.71. The minimum absolute atomic E-state index is 1.06. The molecular formula is C15H11N. The van der Waals surface area contributed by atoms with Gasteiger partial charge in [-0.15, -0.1) is 0 Å². The Morgan fingerprint density at radius 3 is 3.00 bits per heavy atom. The van der Waals surface area contributed by atoms with Crippen molar-refractivity contribution >= 4 is 22.5 Å². The lowest BCUT2D eigenvalue weighted by Gasteiger charge is -2.10. The summed E-state index contributed by atoms with van der Waals surface area (Å²) < 4.78 is 2.31.